The van der Waals surface area contributed by atoms with E-state index in [1.54, 1.807) is 0 Å². The van der Waals surface area contributed by atoms with E-state index in [9.17, 15) is 0 Å². The number of fused-ring (bicyclic) bond motifs is 1. The van der Waals surface area contributed by atoms with Crippen molar-refractivity contribution in [2.24, 2.45) is 0 Å². The van der Waals surface area contributed by atoms with Crippen molar-refractivity contribution in [1.29, 1.82) is 0 Å². The zero-order chi connectivity index (χ0) is 17.6. The van der Waals surface area contributed by atoms with Crippen molar-refractivity contribution < 1.29 is 4.74 Å². The molecule has 3 aromatic rings. The van der Waals surface area contributed by atoms with Gasteiger partial charge in [0.25, 0.3) is 0 Å². The summed E-state index contributed by atoms with van der Waals surface area (Å²) in [5, 5.41) is 14.3. The standard InChI is InChI=1S/C20H23N5O/c1-2-7-15(8-3-1)26-14-20-23-19(24-25-20)13-22-18-11-6-12-21-17-10-5-4-9-16(17)18/h1-5,7-10,18,21-22H,6,11-14H2,(H,23,24,25)/t18-/m0/s1. The molecule has 0 radical (unpaired) electrons. The number of rotatable bonds is 6. The van der Waals surface area contributed by atoms with Gasteiger partial charge >= 0.3 is 0 Å². The molecule has 3 N–H and O–H groups in total. The number of hydrogen-bond donors (Lipinski definition) is 3. The minimum absolute atomic E-state index is 0.309. The number of aromatic nitrogens is 3. The summed E-state index contributed by atoms with van der Waals surface area (Å²) >= 11 is 0. The van der Waals surface area contributed by atoms with Gasteiger partial charge in [0, 0.05) is 18.3 Å². The quantitative estimate of drug-likeness (QED) is 0.636. The molecular formula is C20H23N5O. The maximum atomic E-state index is 5.70. The van der Waals surface area contributed by atoms with Gasteiger partial charge in [-0.05, 0) is 36.6 Å². The second kappa shape index (κ2) is 8.01. The predicted molar refractivity (Wildman–Crippen MR) is 101 cm³/mol. The van der Waals surface area contributed by atoms with E-state index in [4.69, 9.17) is 4.74 Å². The Hall–Kier alpha value is -2.86. The molecule has 6 nitrogen and oxygen atoms in total. The predicted octanol–water partition coefficient (Wildman–Crippen LogP) is 3.42. The lowest BCUT2D eigenvalue weighted by Gasteiger charge is -2.18. The van der Waals surface area contributed by atoms with Crippen LogP contribution in [-0.4, -0.2) is 21.7 Å². The average Bonchev–Trinajstić information content (AvgIpc) is 3.05. The Labute approximate surface area is 153 Å². The van der Waals surface area contributed by atoms with E-state index in [0.29, 0.717) is 19.2 Å². The number of H-pyrrole nitrogens is 1. The molecule has 1 atom stereocenters. The van der Waals surface area contributed by atoms with Gasteiger partial charge in [0.1, 0.15) is 12.4 Å². The largest absolute Gasteiger partial charge is 0.486 e. The number of hydrogen-bond acceptors (Lipinski definition) is 5. The Kier molecular flexibility index (Phi) is 5.12. The molecule has 0 amide bonds. The highest BCUT2D eigenvalue weighted by molar-refractivity contribution is 5.53. The third-order valence-corrected chi connectivity index (χ3v) is 4.52. The van der Waals surface area contributed by atoms with Crippen molar-refractivity contribution in [3.8, 4) is 5.75 Å². The first-order valence-electron chi connectivity index (χ1n) is 9.03. The summed E-state index contributed by atoms with van der Waals surface area (Å²) in [6, 6.07) is 18.5. The number of anilines is 1. The van der Waals surface area contributed by atoms with Gasteiger partial charge in [-0.1, -0.05) is 36.4 Å². The van der Waals surface area contributed by atoms with Crippen LogP contribution in [0.3, 0.4) is 0 Å². The van der Waals surface area contributed by atoms with Crippen LogP contribution < -0.4 is 15.4 Å². The van der Waals surface area contributed by atoms with Crippen molar-refractivity contribution in [3.63, 3.8) is 0 Å². The number of nitrogens with one attached hydrogen (secondary N) is 3. The fraction of sp³-hybridized carbons (Fsp3) is 0.300. The summed E-state index contributed by atoms with van der Waals surface area (Å²) < 4.78 is 5.70. The molecule has 0 aliphatic carbocycles. The SMILES string of the molecule is c1ccc(OCc2nc(CN[C@H]3CCCNc4ccccc43)n[nH]2)cc1. The van der Waals surface area contributed by atoms with E-state index in [2.05, 4.69) is 50.1 Å². The van der Waals surface area contributed by atoms with Gasteiger partial charge < -0.3 is 15.4 Å². The molecule has 0 bridgehead atoms. The van der Waals surface area contributed by atoms with Gasteiger partial charge in [0.05, 0.1) is 6.54 Å². The van der Waals surface area contributed by atoms with Crippen molar-refractivity contribution in [1.82, 2.24) is 20.5 Å². The van der Waals surface area contributed by atoms with Crippen LogP contribution in [0.2, 0.25) is 0 Å². The van der Waals surface area contributed by atoms with Gasteiger partial charge in [0.2, 0.25) is 0 Å². The zero-order valence-electron chi connectivity index (χ0n) is 14.6. The first kappa shape index (κ1) is 16.6. The molecular weight excluding hydrogens is 326 g/mol. The lowest BCUT2D eigenvalue weighted by Crippen LogP contribution is -2.21. The number of nitrogens with zero attached hydrogens (tertiary/aromatic N) is 2. The van der Waals surface area contributed by atoms with Crippen LogP contribution in [0, 0.1) is 0 Å². The lowest BCUT2D eigenvalue weighted by molar-refractivity contribution is 0.296. The molecule has 1 aliphatic rings. The smallest absolute Gasteiger partial charge is 0.164 e. The Balaban J connectivity index is 1.35. The van der Waals surface area contributed by atoms with Gasteiger partial charge in [-0.25, -0.2) is 4.98 Å². The monoisotopic (exact) mass is 349 g/mol. The van der Waals surface area contributed by atoms with Crippen LogP contribution in [0.15, 0.2) is 54.6 Å². The van der Waals surface area contributed by atoms with Crippen LogP contribution >= 0.6 is 0 Å². The maximum Gasteiger partial charge on any atom is 0.164 e. The molecule has 1 aromatic heterocycles. The van der Waals surface area contributed by atoms with Crippen LogP contribution in [-0.2, 0) is 13.2 Å². The summed E-state index contributed by atoms with van der Waals surface area (Å²) in [5.41, 5.74) is 2.53. The summed E-state index contributed by atoms with van der Waals surface area (Å²) in [5.74, 6) is 2.31. The Morgan fingerprint density at radius 3 is 2.85 bits per heavy atom. The van der Waals surface area contributed by atoms with Gasteiger partial charge in [-0.2, -0.15) is 5.10 Å². The molecule has 0 saturated heterocycles. The number of para-hydroxylation sites is 2. The minimum Gasteiger partial charge on any atom is -0.486 e. The minimum atomic E-state index is 0.309. The average molecular weight is 349 g/mol. The Morgan fingerprint density at radius 2 is 1.92 bits per heavy atom. The van der Waals surface area contributed by atoms with Crippen molar-refractivity contribution >= 4 is 5.69 Å². The molecule has 0 saturated carbocycles. The van der Waals surface area contributed by atoms with Gasteiger partial charge in [-0.15, -0.1) is 0 Å². The van der Waals surface area contributed by atoms with Crippen molar-refractivity contribution in [3.05, 3.63) is 71.8 Å². The second-order valence-electron chi connectivity index (χ2n) is 6.39. The van der Waals surface area contributed by atoms with Crippen LogP contribution in [0.1, 0.15) is 36.1 Å². The van der Waals surface area contributed by atoms with Crippen LogP contribution in [0.4, 0.5) is 5.69 Å². The fourth-order valence-corrected chi connectivity index (χ4v) is 3.22. The fourth-order valence-electron chi connectivity index (χ4n) is 3.22. The lowest BCUT2D eigenvalue weighted by atomic mass is 10.0. The summed E-state index contributed by atoms with van der Waals surface area (Å²) in [6.45, 7) is 2.02. The molecule has 2 aromatic carbocycles. The maximum absolute atomic E-state index is 5.70. The Bertz CT molecular complexity index is 833. The van der Waals surface area contributed by atoms with Crippen molar-refractivity contribution in [2.45, 2.75) is 32.0 Å². The molecule has 1 aliphatic heterocycles. The summed E-state index contributed by atoms with van der Waals surface area (Å²) in [4.78, 5) is 4.52. The highest BCUT2D eigenvalue weighted by Gasteiger charge is 2.18. The zero-order valence-corrected chi connectivity index (χ0v) is 14.6. The molecule has 2 heterocycles. The molecule has 4 rings (SSSR count). The van der Waals surface area contributed by atoms with Crippen LogP contribution in [0.5, 0.6) is 5.75 Å². The van der Waals surface area contributed by atoms with E-state index in [0.717, 1.165) is 36.8 Å². The Morgan fingerprint density at radius 1 is 1.08 bits per heavy atom. The molecule has 134 valence electrons. The highest BCUT2D eigenvalue weighted by Crippen LogP contribution is 2.29. The normalized spacial score (nSPS) is 16.4. The van der Waals surface area contributed by atoms with Gasteiger partial charge in [-0.3, -0.25) is 5.10 Å². The number of benzene rings is 2. The summed E-state index contributed by atoms with van der Waals surface area (Å²) in [6.07, 6.45) is 2.23. The first-order valence-corrected chi connectivity index (χ1v) is 9.03. The van der Waals surface area contributed by atoms with E-state index >= 15 is 0 Å². The molecule has 0 unspecified atom stereocenters. The topological polar surface area (TPSA) is 74.9 Å². The van der Waals surface area contributed by atoms with E-state index in [-0.39, 0.29) is 0 Å². The third-order valence-electron chi connectivity index (χ3n) is 4.52. The number of ether oxygens (including phenoxy) is 1. The van der Waals surface area contributed by atoms with Gasteiger partial charge in [0.15, 0.2) is 11.6 Å². The van der Waals surface area contributed by atoms with Crippen molar-refractivity contribution in [2.75, 3.05) is 11.9 Å². The van der Waals surface area contributed by atoms with E-state index in [1.807, 2.05) is 30.3 Å². The molecule has 0 spiro atoms. The van der Waals surface area contributed by atoms with E-state index in [1.165, 1.54) is 11.3 Å². The second-order valence-corrected chi connectivity index (χ2v) is 6.39. The van der Waals surface area contributed by atoms with Crippen LogP contribution in [0.25, 0.3) is 0 Å². The molecule has 26 heavy (non-hydrogen) atoms. The molecule has 6 heteroatoms. The summed E-state index contributed by atoms with van der Waals surface area (Å²) in [7, 11) is 0. The molecule has 0 fully saturated rings. The highest BCUT2D eigenvalue weighted by atomic mass is 16.5. The number of aromatic amines is 1. The third kappa shape index (κ3) is 4.03. The first-order chi connectivity index (χ1) is 12.9. The van der Waals surface area contributed by atoms with E-state index < -0.39 is 0 Å².